The van der Waals surface area contributed by atoms with E-state index in [0.29, 0.717) is 5.95 Å². The van der Waals surface area contributed by atoms with E-state index in [-0.39, 0.29) is 0 Å². The minimum atomic E-state index is 0.661. The van der Waals surface area contributed by atoms with Gasteiger partial charge in [0.1, 0.15) is 10.6 Å². The van der Waals surface area contributed by atoms with Gasteiger partial charge in [0.15, 0.2) is 0 Å². The molecule has 2 N–H and O–H groups in total. The van der Waals surface area contributed by atoms with E-state index in [1.165, 1.54) is 4.88 Å². The smallest absolute Gasteiger partial charge is 0.225 e. The summed E-state index contributed by atoms with van der Waals surface area (Å²) in [6, 6.07) is 6.30. The first-order valence-electron chi connectivity index (χ1n) is 6.06. The largest absolute Gasteiger partial charge is 0.369 e. The van der Waals surface area contributed by atoms with Crippen LogP contribution in [0.25, 0.3) is 10.2 Å². The number of hydrogen-bond acceptors (Lipinski definition) is 6. The average Bonchev–Trinajstić information content (AvgIpc) is 3.08. The lowest BCUT2D eigenvalue weighted by Crippen LogP contribution is -2.07. The number of hydrogen-bond donors (Lipinski definition) is 2. The molecule has 0 aliphatic heterocycles. The van der Waals surface area contributed by atoms with Crippen molar-refractivity contribution in [1.29, 1.82) is 0 Å². The summed E-state index contributed by atoms with van der Waals surface area (Å²) in [5.41, 5.74) is 0. The Bertz CT molecular complexity index is 660. The maximum Gasteiger partial charge on any atom is 0.225 e. The van der Waals surface area contributed by atoms with E-state index in [0.717, 1.165) is 29.0 Å². The highest BCUT2D eigenvalue weighted by atomic mass is 32.1. The van der Waals surface area contributed by atoms with Gasteiger partial charge in [-0.15, -0.1) is 22.7 Å². The lowest BCUT2D eigenvalue weighted by Gasteiger charge is -2.07. The lowest BCUT2D eigenvalue weighted by molar-refractivity contribution is 1.03. The Morgan fingerprint density at radius 1 is 1.16 bits per heavy atom. The highest BCUT2D eigenvalue weighted by Gasteiger charge is 2.07. The van der Waals surface area contributed by atoms with Crippen molar-refractivity contribution < 1.29 is 0 Å². The van der Waals surface area contributed by atoms with Crippen LogP contribution < -0.4 is 10.6 Å². The van der Waals surface area contributed by atoms with Gasteiger partial charge in [0.25, 0.3) is 0 Å². The third-order valence-electron chi connectivity index (χ3n) is 2.79. The summed E-state index contributed by atoms with van der Waals surface area (Å²) in [5, 5.41) is 11.7. The van der Waals surface area contributed by atoms with Crippen LogP contribution in [-0.2, 0) is 6.42 Å². The summed E-state index contributed by atoms with van der Waals surface area (Å²) >= 11 is 3.42. The standard InChI is InChI=1S/C13H14N4S2/c1-14-13-16-11(10-5-8-19-12(10)17-13)15-6-4-9-3-2-7-18-9/h2-3,5,7-8H,4,6H2,1H3,(H2,14,15,16,17). The van der Waals surface area contributed by atoms with Gasteiger partial charge in [-0.1, -0.05) is 6.07 Å². The third-order valence-corrected chi connectivity index (χ3v) is 4.54. The van der Waals surface area contributed by atoms with Crippen molar-refractivity contribution in [2.75, 3.05) is 24.2 Å². The first kappa shape index (κ1) is 12.4. The molecule has 3 rings (SSSR count). The Morgan fingerprint density at radius 2 is 2.11 bits per heavy atom. The van der Waals surface area contributed by atoms with Crippen LogP contribution in [0.4, 0.5) is 11.8 Å². The van der Waals surface area contributed by atoms with Crippen LogP contribution in [-0.4, -0.2) is 23.6 Å². The zero-order valence-corrected chi connectivity index (χ0v) is 12.1. The fourth-order valence-electron chi connectivity index (χ4n) is 1.86. The zero-order valence-electron chi connectivity index (χ0n) is 10.5. The summed E-state index contributed by atoms with van der Waals surface area (Å²) in [5.74, 6) is 1.57. The van der Waals surface area contributed by atoms with Crippen molar-refractivity contribution in [3.8, 4) is 0 Å². The van der Waals surface area contributed by atoms with Crippen molar-refractivity contribution in [2.24, 2.45) is 0 Å². The van der Waals surface area contributed by atoms with Crippen LogP contribution in [0.15, 0.2) is 29.0 Å². The molecular formula is C13H14N4S2. The summed E-state index contributed by atoms with van der Waals surface area (Å²) in [6.45, 7) is 0.881. The van der Waals surface area contributed by atoms with Gasteiger partial charge < -0.3 is 10.6 Å². The quantitative estimate of drug-likeness (QED) is 0.755. The minimum absolute atomic E-state index is 0.661. The molecule has 0 saturated carbocycles. The van der Waals surface area contributed by atoms with E-state index in [1.54, 1.807) is 22.7 Å². The summed E-state index contributed by atoms with van der Waals surface area (Å²) in [4.78, 5) is 11.3. The van der Waals surface area contributed by atoms with Crippen molar-refractivity contribution in [1.82, 2.24) is 9.97 Å². The van der Waals surface area contributed by atoms with Crippen LogP contribution in [0.5, 0.6) is 0 Å². The molecule has 0 aliphatic carbocycles. The fraction of sp³-hybridized carbons (Fsp3) is 0.231. The van der Waals surface area contributed by atoms with Crippen molar-refractivity contribution >= 4 is 44.7 Å². The Kier molecular flexibility index (Phi) is 3.61. The predicted octanol–water partition coefficient (Wildman–Crippen LogP) is 3.45. The first-order valence-corrected chi connectivity index (χ1v) is 7.82. The van der Waals surface area contributed by atoms with Crippen LogP contribution in [0.3, 0.4) is 0 Å². The van der Waals surface area contributed by atoms with Gasteiger partial charge >= 0.3 is 0 Å². The highest BCUT2D eigenvalue weighted by molar-refractivity contribution is 7.16. The first-order chi connectivity index (χ1) is 9.36. The average molecular weight is 290 g/mol. The monoisotopic (exact) mass is 290 g/mol. The Hall–Kier alpha value is -1.66. The molecule has 0 saturated heterocycles. The Labute approximate surface area is 119 Å². The molecule has 0 aliphatic rings. The van der Waals surface area contributed by atoms with E-state index < -0.39 is 0 Å². The number of fused-ring (bicyclic) bond motifs is 1. The van der Waals surface area contributed by atoms with Crippen molar-refractivity contribution in [2.45, 2.75) is 6.42 Å². The van der Waals surface area contributed by atoms with Gasteiger partial charge in [-0.3, -0.25) is 0 Å². The molecule has 0 unspecified atom stereocenters. The Balaban J connectivity index is 1.77. The third kappa shape index (κ3) is 2.69. The molecule has 0 fully saturated rings. The molecule has 0 amide bonds. The summed E-state index contributed by atoms with van der Waals surface area (Å²) < 4.78 is 0. The summed E-state index contributed by atoms with van der Waals surface area (Å²) in [7, 11) is 1.84. The van der Waals surface area contributed by atoms with E-state index in [4.69, 9.17) is 0 Å². The highest BCUT2D eigenvalue weighted by Crippen LogP contribution is 2.26. The van der Waals surface area contributed by atoms with Crippen molar-refractivity contribution in [3.63, 3.8) is 0 Å². The maximum atomic E-state index is 4.49. The molecule has 3 heterocycles. The zero-order chi connectivity index (χ0) is 13.1. The fourth-order valence-corrected chi connectivity index (χ4v) is 3.33. The molecule has 6 heteroatoms. The second-order valence-corrected chi connectivity index (χ2v) is 5.97. The van der Waals surface area contributed by atoms with Gasteiger partial charge in [0.2, 0.25) is 5.95 Å². The van der Waals surface area contributed by atoms with Gasteiger partial charge in [0.05, 0.1) is 5.39 Å². The second-order valence-electron chi connectivity index (χ2n) is 4.04. The SMILES string of the molecule is CNc1nc(NCCc2cccs2)c2ccsc2n1. The van der Waals surface area contributed by atoms with Crippen LogP contribution in [0, 0.1) is 0 Å². The van der Waals surface area contributed by atoms with Crippen LogP contribution >= 0.6 is 22.7 Å². The molecule has 98 valence electrons. The number of aromatic nitrogens is 2. The van der Waals surface area contributed by atoms with E-state index in [9.17, 15) is 0 Å². The Morgan fingerprint density at radius 3 is 2.89 bits per heavy atom. The van der Waals surface area contributed by atoms with Gasteiger partial charge in [-0.2, -0.15) is 4.98 Å². The molecule has 4 nitrogen and oxygen atoms in total. The molecule has 0 spiro atoms. The molecular weight excluding hydrogens is 276 g/mol. The normalized spacial score (nSPS) is 10.8. The number of nitrogens with zero attached hydrogens (tertiary/aromatic N) is 2. The number of rotatable bonds is 5. The second kappa shape index (κ2) is 5.54. The number of anilines is 2. The lowest BCUT2D eigenvalue weighted by atomic mass is 10.3. The van der Waals surface area contributed by atoms with Gasteiger partial charge in [-0.25, -0.2) is 4.98 Å². The molecule has 0 radical (unpaired) electrons. The molecule has 19 heavy (non-hydrogen) atoms. The molecule has 3 aromatic rings. The van der Waals surface area contributed by atoms with Gasteiger partial charge in [-0.05, 0) is 29.3 Å². The van der Waals surface area contributed by atoms with E-state index >= 15 is 0 Å². The molecule has 3 aromatic heterocycles. The molecule has 0 atom stereocenters. The summed E-state index contributed by atoms with van der Waals surface area (Å²) in [6.07, 6.45) is 1.02. The predicted molar refractivity (Wildman–Crippen MR) is 83.5 cm³/mol. The number of thiophene rings is 2. The molecule has 0 bridgehead atoms. The van der Waals surface area contributed by atoms with E-state index in [1.807, 2.05) is 12.4 Å². The maximum absolute atomic E-state index is 4.49. The minimum Gasteiger partial charge on any atom is -0.369 e. The number of nitrogens with one attached hydrogen (secondary N) is 2. The van der Waals surface area contributed by atoms with Crippen LogP contribution in [0.2, 0.25) is 0 Å². The van der Waals surface area contributed by atoms with E-state index in [2.05, 4.69) is 44.2 Å². The van der Waals surface area contributed by atoms with Crippen molar-refractivity contribution in [3.05, 3.63) is 33.8 Å². The topological polar surface area (TPSA) is 49.8 Å². The molecule has 0 aromatic carbocycles. The van der Waals surface area contributed by atoms with Gasteiger partial charge in [0, 0.05) is 18.5 Å². The van der Waals surface area contributed by atoms with Crippen LogP contribution in [0.1, 0.15) is 4.88 Å².